The number of methoxy groups -OCH3 is 1. The minimum absolute atomic E-state index is 0.121. The normalized spacial score (nSPS) is 13.0. The highest BCUT2D eigenvalue weighted by atomic mass is 35.5. The van der Waals surface area contributed by atoms with E-state index in [-0.39, 0.29) is 22.1 Å². The molecule has 1 atom stereocenters. The summed E-state index contributed by atoms with van der Waals surface area (Å²) in [4.78, 5) is 12.7. The molecular formula is C20H25ClN2O4S. The summed E-state index contributed by atoms with van der Waals surface area (Å²) in [7, 11) is -2.69. The maximum absolute atomic E-state index is 13.0. The maximum Gasteiger partial charge on any atom is 0.245 e. The molecule has 0 radical (unpaired) electrons. The minimum atomic E-state index is -4.07. The van der Waals surface area contributed by atoms with Crippen LogP contribution < -0.4 is 14.8 Å². The van der Waals surface area contributed by atoms with Crippen molar-refractivity contribution in [2.75, 3.05) is 7.11 Å². The van der Waals surface area contributed by atoms with Crippen LogP contribution >= 0.6 is 11.6 Å². The zero-order valence-electron chi connectivity index (χ0n) is 16.3. The summed E-state index contributed by atoms with van der Waals surface area (Å²) in [6.45, 7) is 5.50. The number of hydrogen-bond donors (Lipinski definition) is 2. The fraction of sp³-hybridized carbons (Fsp3) is 0.350. The Labute approximate surface area is 171 Å². The average molecular weight is 425 g/mol. The summed E-state index contributed by atoms with van der Waals surface area (Å²) in [6.07, 6.45) is 0.199. The van der Waals surface area contributed by atoms with E-state index in [1.165, 1.54) is 25.3 Å². The number of sulfonamides is 1. The second-order valence-electron chi connectivity index (χ2n) is 7.40. The second kappa shape index (κ2) is 8.94. The molecule has 2 aromatic rings. The van der Waals surface area contributed by atoms with E-state index in [4.69, 9.17) is 16.3 Å². The van der Waals surface area contributed by atoms with Crippen molar-refractivity contribution < 1.29 is 17.9 Å². The molecule has 1 amide bonds. The van der Waals surface area contributed by atoms with Crippen molar-refractivity contribution >= 4 is 27.5 Å². The van der Waals surface area contributed by atoms with E-state index >= 15 is 0 Å². The lowest BCUT2D eigenvalue weighted by Crippen LogP contribution is -2.53. The van der Waals surface area contributed by atoms with E-state index in [1.54, 1.807) is 0 Å². The number of ether oxygens (including phenoxy) is 1. The van der Waals surface area contributed by atoms with Gasteiger partial charge in [0.15, 0.2) is 0 Å². The van der Waals surface area contributed by atoms with Crippen LogP contribution in [0.25, 0.3) is 0 Å². The van der Waals surface area contributed by atoms with Gasteiger partial charge in [0.05, 0.1) is 7.11 Å². The molecule has 0 aliphatic carbocycles. The molecule has 8 heteroatoms. The van der Waals surface area contributed by atoms with Gasteiger partial charge in [-0.1, -0.05) is 41.9 Å². The Morgan fingerprint density at radius 2 is 1.79 bits per heavy atom. The first-order chi connectivity index (χ1) is 13.0. The van der Waals surface area contributed by atoms with E-state index < -0.39 is 27.5 Å². The van der Waals surface area contributed by atoms with Gasteiger partial charge in [-0.2, -0.15) is 4.72 Å². The molecular weight excluding hydrogens is 400 g/mol. The lowest BCUT2D eigenvalue weighted by Gasteiger charge is -2.26. The number of halogens is 1. The van der Waals surface area contributed by atoms with E-state index in [9.17, 15) is 13.2 Å². The van der Waals surface area contributed by atoms with Crippen molar-refractivity contribution in [3.63, 3.8) is 0 Å². The number of rotatable bonds is 7. The molecule has 0 spiro atoms. The van der Waals surface area contributed by atoms with Crippen molar-refractivity contribution in [3.05, 3.63) is 59.1 Å². The van der Waals surface area contributed by atoms with Gasteiger partial charge in [-0.15, -0.1) is 0 Å². The van der Waals surface area contributed by atoms with E-state index in [2.05, 4.69) is 10.0 Å². The number of nitrogens with one attached hydrogen (secondary N) is 2. The van der Waals surface area contributed by atoms with Crippen LogP contribution in [-0.2, 0) is 21.2 Å². The van der Waals surface area contributed by atoms with Crippen LogP contribution in [0, 0.1) is 0 Å². The summed E-state index contributed by atoms with van der Waals surface area (Å²) < 4.78 is 33.7. The first kappa shape index (κ1) is 22.2. The highest BCUT2D eigenvalue weighted by molar-refractivity contribution is 7.89. The Balaban J connectivity index is 2.37. The van der Waals surface area contributed by atoms with Crippen molar-refractivity contribution in [2.45, 2.75) is 43.7 Å². The molecule has 0 heterocycles. The Kier molecular flexibility index (Phi) is 7.09. The van der Waals surface area contributed by atoms with Crippen LogP contribution in [-0.4, -0.2) is 33.0 Å². The average Bonchev–Trinajstić information content (AvgIpc) is 2.60. The zero-order valence-corrected chi connectivity index (χ0v) is 17.9. The summed E-state index contributed by atoms with van der Waals surface area (Å²) in [5, 5.41) is 3.08. The smallest absolute Gasteiger partial charge is 0.245 e. The van der Waals surface area contributed by atoms with Crippen LogP contribution in [0.15, 0.2) is 53.4 Å². The van der Waals surface area contributed by atoms with Gasteiger partial charge in [0, 0.05) is 10.6 Å². The first-order valence-corrected chi connectivity index (χ1v) is 10.6. The highest BCUT2D eigenvalue weighted by Gasteiger charge is 2.30. The number of hydrogen-bond acceptors (Lipinski definition) is 4. The molecule has 0 aliphatic heterocycles. The number of carbonyl (C=O) groups is 1. The van der Waals surface area contributed by atoms with Crippen LogP contribution in [0.5, 0.6) is 5.75 Å². The Bertz CT molecular complexity index is 925. The Morgan fingerprint density at radius 3 is 2.36 bits per heavy atom. The molecule has 0 fully saturated rings. The Morgan fingerprint density at radius 1 is 1.14 bits per heavy atom. The fourth-order valence-electron chi connectivity index (χ4n) is 2.61. The number of benzene rings is 2. The quantitative estimate of drug-likeness (QED) is 0.715. The van der Waals surface area contributed by atoms with Gasteiger partial charge < -0.3 is 10.1 Å². The number of amides is 1. The van der Waals surface area contributed by atoms with E-state index in [0.29, 0.717) is 0 Å². The SMILES string of the molecule is COc1ccc(Cl)cc1S(=O)(=O)N[C@H](Cc1ccccc1)C(=O)NC(C)(C)C. The van der Waals surface area contributed by atoms with Gasteiger partial charge in [0.2, 0.25) is 15.9 Å². The zero-order chi connectivity index (χ0) is 20.9. The third kappa shape index (κ3) is 6.22. The highest BCUT2D eigenvalue weighted by Crippen LogP contribution is 2.27. The molecule has 2 rings (SSSR count). The third-order valence-electron chi connectivity index (χ3n) is 3.81. The molecule has 0 saturated heterocycles. The molecule has 2 aromatic carbocycles. The standard InChI is InChI=1S/C20H25ClN2O4S/c1-20(2,3)22-19(24)16(12-14-8-6-5-7-9-14)23-28(25,26)18-13-15(21)10-11-17(18)27-4/h5-11,13,16,23H,12H2,1-4H3,(H,22,24)/t16-/m1/s1. The van der Waals surface area contributed by atoms with Crippen molar-refractivity contribution in [3.8, 4) is 5.75 Å². The molecule has 0 unspecified atom stereocenters. The lowest BCUT2D eigenvalue weighted by molar-refractivity contribution is -0.124. The number of carbonyl (C=O) groups excluding carboxylic acids is 1. The topological polar surface area (TPSA) is 84.5 Å². The van der Waals surface area contributed by atoms with Crippen LogP contribution in [0.2, 0.25) is 5.02 Å². The molecule has 6 nitrogen and oxygen atoms in total. The fourth-order valence-corrected chi connectivity index (χ4v) is 4.23. The van der Waals surface area contributed by atoms with Crippen molar-refractivity contribution in [1.82, 2.24) is 10.0 Å². The molecule has 0 aliphatic rings. The summed E-state index contributed by atoms with van der Waals surface area (Å²) in [5.74, 6) is -0.271. The van der Waals surface area contributed by atoms with Crippen LogP contribution in [0.1, 0.15) is 26.3 Å². The van der Waals surface area contributed by atoms with E-state index in [1.807, 2.05) is 51.1 Å². The predicted octanol–water partition coefficient (Wildman–Crippen LogP) is 3.15. The third-order valence-corrected chi connectivity index (χ3v) is 5.54. The summed E-state index contributed by atoms with van der Waals surface area (Å²) in [5.41, 5.74) is 0.322. The summed E-state index contributed by atoms with van der Waals surface area (Å²) in [6, 6.07) is 12.5. The van der Waals surface area contributed by atoms with Gasteiger partial charge in [0.25, 0.3) is 0 Å². The van der Waals surface area contributed by atoms with E-state index in [0.717, 1.165) is 5.56 Å². The van der Waals surface area contributed by atoms with Gasteiger partial charge in [-0.25, -0.2) is 8.42 Å². The van der Waals surface area contributed by atoms with Gasteiger partial charge in [0.1, 0.15) is 16.7 Å². The molecule has 0 bridgehead atoms. The van der Waals surface area contributed by atoms with Crippen molar-refractivity contribution in [1.29, 1.82) is 0 Å². The predicted molar refractivity (Wildman–Crippen MR) is 110 cm³/mol. The van der Waals surface area contributed by atoms with Gasteiger partial charge in [-0.05, 0) is 51.0 Å². The van der Waals surface area contributed by atoms with Crippen molar-refractivity contribution in [2.24, 2.45) is 0 Å². The molecule has 0 aromatic heterocycles. The summed E-state index contributed by atoms with van der Waals surface area (Å²) >= 11 is 5.97. The van der Waals surface area contributed by atoms with Crippen LogP contribution in [0.3, 0.4) is 0 Å². The largest absolute Gasteiger partial charge is 0.495 e. The first-order valence-electron chi connectivity index (χ1n) is 8.73. The molecule has 2 N–H and O–H groups in total. The monoisotopic (exact) mass is 424 g/mol. The molecule has 152 valence electrons. The maximum atomic E-state index is 13.0. The molecule has 28 heavy (non-hydrogen) atoms. The second-order valence-corrected chi connectivity index (χ2v) is 9.52. The van der Waals surface area contributed by atoms with Gasteiger partial charge in [-0.3, -0.25) is 4.79 Å². The Hall–Kier alpha value is -2.09. The molecule has 0 saturated carbocycles. The van der Waals surface area contributed by atoms with Gasteiger partial charge >= 0.3 is 0 Å². The van der Waals surface area contributed by atoms with Crippen LogP contribution in [0.4, 0.5) is 0 Å². The lowest BCUT2D eigenvalue weighted by atomic mass is 10.0. The minimum Gasteiger partial charge on any atom is -0.495 e.